The molecule has 0 aromatic carbocycles. The van der Waals surface area contributed by atoms with Gasteiger partial charge in [0.25, 0.3) is 11.7 Å². The lowest BCUT2D eigenvalue weighted by Crippen LogP contribution is -2.64. The number of Topliss-reactive ketones (excluding diaryl/α,β-unsaturated/α-hetero) is 2. The number of allylic oxidation sites excluding steroid dienone is 4. The second-order valence-corrected chi connectivity index (χ2v) is 17.3. The van der Waals surface area contributed by atoms with Crippen LogP contribution in [-0.4, -0.2) is 126 Å². The molecule has 3 fully saturated rings. The molecule has 13 heteroatoms. The van der Waals surface area contributed by atoms with Crippen molar-refractivity contribution in [2.45, 2.75) is 160 Å². The number of ketones is 2. The summed E-state index contributed by atoms with van der Waals surface area (Å²) in [5.41, 5.74) is 1.61. The smallest absolute Gasteiger partial charge is 0.329 e. The first kappa shape index (κ1) is 46.9. The number of nitrogens with zero attached hydrogens (tertiary/aromatic N) is 1. The zero-order chi connectivity index (χ0) is 42.2. The predicted octanol–water partition coefficient (Wildman–Crippen LogP) is 4.64. The van der Waals surface area contributed by atoms with Crippen molar-refractivity contribution >= 4 is 23.4 Å². The van der Waals surface area contributed by atoms with E-state index in [-0.39, 0.29) is 49.5 Å². The molecule has 0 aromatic heterocycles. The van der Waals surface area contributed by atoms with Crippen molar-refractivity contribution in [1.29, 1.82) is 0 Å². The first-order chi connectivity index (χ1) is 27.0. The topological polar surface area (TPSA) is 178 Å². The first-order valence-electron chi connectivity index (χ1n) is 20.9. The second kappa shape index (κ2) is 21.0. The van der Waals surface area contributed by atoms with Crippen LogP contribution in [0.5, 0.6) is 0 Å². The average Bonchev–Trinajstić information content (AvgIpc) is 3.18. The summed E-state index contributed by atoms with van der Waals surface area (Å²) in [6.07, 6.45) is 4.93. The van der Waals surface area contributed by atoms with E-state index in [1.54, 1.807) is 27.0 Å². The van der Waals surface area contributed by atoms with E-state index in [1.165, 1.54) is 19.1 Å². The maximum Gasteiger partial charge on any atom is 0.329 e. The third-order valence-electron chi connectivity index (χ3n) is 12.9. The third kappa shape index (κ3) is 11.3. The number of cyclic esters (lactones) is 1. The van der Waals surface area contributed by atoms with Crippen LogP contribution in [0.15, 0.2) is 36.0 Å². The molecule has 3 N–H and O–H groups in total. The number of aliphatic hydroxyl groups is 3. The van der Waals surface area contributed by atoms with Crippen LogP contribution in [-0.2, 0) is 42.9 Å². The molecule has 14 atom stereocenters. The van der Waals surface area contributed by atoms with Gasteiger partial charge >= 0.3 is 5.97 Å². The average molecular weight is 804 g/mol. The van der Waals surface area contributed by atoms with Gasteiger partial charge in [0.15, 0.2) is 0 Å². The van der Waals surface area contributed by atoms with Gasteiger partial charge in [-0.25, -0.2) is 4.79 Å². The zero-order valence-electron chi connectivity index (χ0n) is 35.4. The molecule has 1 amide bonds. The Morgan fingerprint density at radius 1 is 0.930 bits per heavy atom. The number of carbonyl (C=O) groups is 4. The lowest BCUT2D eigenvalue weighted by atomic mass is 9.81. The molecule has 4 rings (SSSR count). The Morgan fingerprint density at radius 3 is 2.25 bits per heavy atom. The molecule has 57 heavy (non-hydrogen) atoms. The molecule has 1 saturated carbocycles. The molecule has 3 heterocycles. The number of amides is 1. The van der Waals surface area contributed by atoms with Crippen LogP contribution >= 0.6 is 0 Å². The van der Waals surface area contributed by atoms with Gasteiger partial charge in [-0.1, -0.05) is 44.6 Å². The van der Waals surface area contributed by atoms with Crippen molar-refractivity contribution < 1.29 is 58.2 Å². The van der Waals surface area contributed by atoms with E-state index in [0.717, 1.165) is 5.57 Å². The minimum absolute atomic E-state index is 0.00988. The Labute approximate surface area is 339 Å². The zero-order valence-corrected chi connectivity index (χ0v) is 35.4. The van der Waals surface area contributed by atoms with Crippen molar-refractivity contribution in [1.82, 2.24) is 4.90 Å². The summed E-state index contributed by atoms with van der Waals surface area (Å²) in [6, 6.07) is -1.14. The summed E-state index contributed by atoms with van der Waals surface area (Å²) in [6.45, 7) is 13.1. The maximum atomic E-state index is 14.3. The van der Waals surface area contributed by atoms with E-state index < -0.39 is 83.9 Å². The highest BCUT2D eigenvalue weighted by Crippen LogP contribution is 2.39. The van der Waals surface area contributed by atoms with E-state index in [4.69, 9.17) is 23.7 Å². The van der Waals surface area contributed by atoms with E-state index in [9.17, 15) is 34.5 Å². The van der Waals surface area contributed by atoms with Crippen LogP contribution in [0.3, 0.4) is 0 Å². The van der Waals surface area contributed by atoms with Gasteiger partial charge in [0.2, 0.25) is 5.79 Å². The number of ether oxygens (including phenoxy) is 5. The van der Waals surface area contributed by atoms with E-state index in [1.807, 2.05) is 32.9 Å². The fraction of sp³-hybridized carbons (Fsp3) is 0.773. The summed E-state index contributed by atoms with van der Waals surface area (Å²) in [7, 11) is 4.61. The van der Waals surface area contributed by atoms with Crippen molar-refractivity contribution in [3.05, 3.63) is 36.0 Å². The molecule has 1 aliphatic carbocycles. The normalized spacial score (nSPS) is 41.0. The monoisotopic (exact) mass is 803 g/mol. The molecule has 2 saturated heterocycles. The Kier molecular flexibility index (Phi) is 17.2. The van der Waals surface area contributed by atoms with Crippen LogP contribution < -0.4 is 0 Å². The lowest BCUT2D eigenvalue weighted by molar-refractivity contribution is -0.302. The molecule has 4 aliphatic rings. The predicted molar refractivity (Wildman–Crippen MR) is 213 cm³/mol. The number of hydrogen-bond acceptors (Lipinski definition) is 12. The molecule has 0 spiro atoms. The summed E-state index contributed by atoms with van der Waals surface area (Å²) in [5.74, 6) is -7.76. The molecule has 2 bridgehead atoms. The van der Waals surface area contributed by atoms with Crippen molar-refractivity contribution in [2.75, 3.05) is 27.9 Å². The number of methoxy groups -OCH3 is 3. The molecule has 0 radical (unpaired) electrons. The molecule has 1 unspecified atom stereocenters. The van der Waals surface area contributed by atoms with Gasteiger partial charge in [0.05, 0.1) is 30.5 Å². The fourth-order valence-corrected chi connectivity index (χ4v) is 9.42. The molecule has 3 aliphatic heterocycles. The third-order valence-corrected chi connectivity index (χ3v) is 12.9. The van der Waals surface area contributed by atoms with Crippen LogP contribution in [0.1, 0.15) is 105 Å². The standard InChI is InChI=1S/C44H69NO12/c1-10-13-31-19-25(2)18-26(3)20-37(54-8)40-38(55-9)22-28(5)44(52,57-40)41(49)42(50)45-17-12-11-14-32(45)43(51)56-39(29(6)34(47)24-35(31)48)27(4)21-30-15-16-33(46)36(23-30)53-7/h10,19,21,26,28-34,36-40,46-47,52H,1,11-18,20,22-24H2,2-9H3/b25-19+,27-21?/t26-,28+,29+,30-,31+,32-,33+,34-,36+,37-,38-,39?,40+,44+/m0/s1. The molecular weight excluding hydrogens is 734 g/mol. The first-order valence-corrected chi connectivity index (χ1v) is 20.9. The Morgan fingerprint density at radius 2 is 1.60 bits per heavy atom. The number of carbonyl (C=O) groups excluding carboxylic acids is 4. The number of aliphatic hydroxyl groups excluding tert-OH is 2. The molecule has 322 valence electrons. The number of piperidine rings is 1. The van der Waals surface area contributed by atoms with Crippen molar-refractivity contribution in [2.24, 2.45) is 29.6 Å². The quantitative estimate of drug-likeness (QED) is 0.185. The van der Waals surface area contributed by atoms with Gasteiger partial charge in [-0.05, 0) is 95.5 Å². The number of hydrogen-bond donors (Lipinski definition) is 3. The van der Waals surface area contributed by atoms with Gasteiger partial charge < -0.3 is 43.9 Å². The number of fused-ring (bicyclic) bond motifs is 3. The van der Waals surface area contributed by atoms with Crippen LogP contribution in [0.25, 0.3) is 0 Å². The van der Waals surface area contributed by atoms with E-state index in [2.05, 4.69) is 6.58 Å². The van der Waals surface area contributed by atoms with Gasteiger partial charge in [0, 0.05) is 52.0 Å². The molecular formula is C44H69NO12. The highest BCUT2D eigenvalue weighted by Gasteiger charge is 2.56. The largest absolute Gasteiger partial charge is 0.456 e. The molecule has 0 aromatic rings. The van der Waals surface area contributed by atoms with Gasteiger partial charge in [-0.2, -0.15) is 0 Å². The van der Waals surface area contributed by atoms with Crippen LogP contribution in [0.2, 0.25) is 0 Å². The van der Waals surface area contributed by atoms with Gasteiger partial charge in [-0.15, -0.1) is 6.58 Å². The summed E-state index contributed by atoms with van der Waals surface area (Å²) >= 11 is 0. The second-order valence-electron chi connectivity index (χ2n) is 17.3. The van der Waals surface area contributed by atoms with Crippen molar-refractivity contribution in [3.63, 3.8) is 0 Å². The Balaban J connectivity index is 1.78. The summed E-state index contributed by atoms with van der Waals surface area (Å²) < 4.78 is 29.7. The summed E-state index contributed by atoms with van der Waals surface area (Å²) in [5, 5.41) is 34.1. The van der Waals surface area contributed by atoms with Gasteiger partial charge in [0.1, 0.15) is 24.0 Å². The Hall–Kier alpha value is -2.78. The number of rotatable bonds is 7. The number of esters is 1. The minimum atomic E-state index is -2.51. The summed E-state index contributed by atoms with van der Waals surface area (Å²) in [4.78, 5) is 57.8. The highest BCUT2D eigenvalue weighted by molar-refractivity contribution is 6.39. The SMILES string of the molecule is C=CC[C@@H]1/C=C(\C)C[C@H](C)C[C@H](OC)[C@H]2O[C@@](O)(C(=O)C(=O)N3CCCC[C@H]3C(=O)OC(C(C)=C[C@@H]3CC[C@@H](O)[C@H](OC)C3)[C@H](C)[C@@H](O)CC1=O)[C@H](C)C[C@@H]2OC. The lowest BCUT2D eigenvalue weighted by Gasteiger charge is -2.47. The van der Waals surface area contributed by atoms with Crippen LogP contribution in [0.4, 0.5) is 0 Å². The highest BCUT2D eigenvalue weighted by atomic mass is 16.7. The molecule has 13 nitrogen and oxygen atoms in total. The van der Waals surface area contributed by atoms with Crippen LogP contribution in [0, 0.1) is 29.6 Å². The van der Waals surface area contributed by atoms with E-state index in [0.29, 0.717) is 56.9 Å². The van der Waals surface area contributed by atoms with Gasteiger partial charge in [-0.3, -0.25) is 14.4 Å². The Bertz CT molecular complexity index is 1480. The minimum Gasteiger partial charge on any atom is -0.456 e. The fourth-order valence-electron chi connectivity index (χ4n) is 9.42. The van der Waals surface area contributed by atoms with E-state index >= 15 is 0 Å². The van der Waals surface area contributed by atoms with Crippen molar-refractivity contribution in [3.8, 4) is 0 Å². The maximum absolute atomic E-state index is 14.3.